The van der Waals surface area contributed by atoms with Crippen molar-refractivity contribution >= 4 is 5.91 Å². The van der Waals surface area contributed by atoms with Gasteiger partial charge in [-0.3, -0.25) is 4.79 Å². The number of amides is 1. The summed E-state index contributed by atoms with van der Waals surface area (Å²) in [5.74, 6) is 1.06. The van der Waals surface area contributed by atoms with Crippen molar-refractivity contribution in [3.05, 3.63) is 0 Å². The summed E-state index contributed by atoms with van der Waals surface area (Å²) >= 11 is 0. The molecular weight excluding hydrogens is 200 g/mol. The van der Waals surface area contributed by atoms with Gasteiger partial charge >= 0.3 is 0 Å². The monoisotopic (exact) mass is 224 g/mol. The third-order valence-corrected chi connectivity index (χ3v) is 4.01. The van der Waals surface area contributed by atoms with Gasteiger partial charge in [-0.1, -0.05) is 19.3 Å². The molecule has 1 aliphatic carbocycles. The van der Waals surface area contributed by atoms with Gasteiger partial charge in [-0.2, -0.15) is 0 Å². The quantitative estimate of drug-likeness (QED) is 0.775. The molecule has 0 unspecified atom stereocenters. The first-order valence-electron chi connectivity index (χ1n) is 6.77. The van der Waals surface area contributed by atoms with E-state index >= 15 is 0 Å². The standard InChI is InChI=1S/C13H24N2O/c1-11-10-14-7-8-15(11)13(16)9-12-5-3-2-4-6-12/h11-12,14H,2-10H2,1H3/t11-/m0/s1. The summed E-state index contributed by atoms with van der Waals surface area (Å²) in [6, 6.07) is 0.379. The topological polar surface area (TPSA) is 32.3 Å². The molecule has 1 atom stereocenters. The second kappa shape index (κ2) is 5.67. The second-order valence-corrected chi connectivity index (χ2v) is 5.35. The first kappa shape index (κ1) is 11.9. The predicted octanol–water partition coefficient (Wildman–Crippen LogP) is 1.78. The van der Waals surface area contributed by atoms with Crippen LogP contribution in [0.15, 0.2) is 0 Å². The van der Waals surface area contributed by atoms with Crippen molar-refractivity contribution in [2.45, 2.75) is 51.5 Å². The van der Waals surface area contributed by atoms with Crippen LogP contribution in [-0.4, -0.2) is 36.5 Å². The predicted molar refractivity (Wildman–Crippen MR) is 65.2 cm³/mol. The molecule has 1 saturated heterocycles. The number of nitrogens with one attached hydrogen (secondary N) is 1. The lowest BCUT2D eigenvalue weighted by atomic mass is 9.86. The van der Waals surface area contributed by atoms with E-state index in [2.05, 4.69) is 17.1 Å². The SMILES string of the molecule is C[C@H]1CNCCN1C(=O)CC1CCCCC1. The number of hydrogen-bond donors (Lipinski definition) is 1. The van der Waals surface area contributed by atoms with E-state index in [1.807, 2.05) is 0 Å². The van der Waals surface area contributed by atoms with Crippen LogP contribution in [0.3, 0.4) is 0 Å². The highest BCUT2D eigenvalue weighted by molar-refractivity contribution is 5.77. The summed E-state index contributed by atoms with van der Waals surface area (Å²) in [5.41, 5.74) is 0. The number of carbonyl (C=O) groups is 1. The summed E-state index contributed by atoms with van der Waals surface area (Å²) in [6.45, 7) is 4.95. The molecule has 0 aromatic rings. The summed E-state index contributed by atoms with van der Waals surface area (Å²) in [4.78, 5) is 14.2. The highest BCUT2D eigenvalue weighted by atomic mass is 16.2. The molecule has 0 bridgehead atoms. The Labute approximate surface area is 98.6 Å². The van der Waals surface area contributed by atoms with Gasteiger partial charge in [0, 0.05) is 32.1 Å². The van der Waals surface area contributed by atoms with E-state index in [9.17, 15) is 4.79 Å². The normalized spacial score (nSPS) is 28.1. The lowest BCUT2D eigenvalue weighted by Crippen LogP contribution is -2.52. The molecule has 3 nitrogen and oxygen atoms in total. The lowest BCUT2D eigenvalue weighted by Gasteiger charge is -2.35. The van der Waals surface area contributed by atoms with Gasteiger partial charge in [0.25, 0.3) is 0 Å². The van der Waals surface area contributed by atoms with Crippen molar-refractivity contribution in [2.75, 3.05) is 19.6 Å². The van der Waals surface area contributed by atoms with E-state index in [1.54, 1.807) is 0 Å². The molecule has 1 amide bonds. The van der Waals surface area contributed by atoms with Gasteiger partial charge in [-0.25, -0.2) is 0 Å². The zero-order valence-corrected chi connectivity index (χ0v) is 10.4. The highest BCUT2D eigenvalue weighted by Crippen LogP contribution is 2.27. The molecule has 1 heterocycles. The van der Waals surface area contributed by atoms with Crippen LogP contribution in [0.25, 0.3) is 0 Å². The number of carbonyl (C=O) groups excluding carboxylic acids is 1. The zero-order chi connectivity index (χ0) is 11.4. The highest BCUT2D eigenvalue weighted by Gasteiger charge is 2.25. The molecule has 92 valence electrons. The minimum absolute atomic E-state index is 0.379. The molecule has 0 spiro atoms. The van der Waals surface area contributed by atoms with Gasteiger partial charge in [-0.15, -0.1) is 0 Å². The number of piperazine rings is 1. The molecular formula is C13H24N2O. The largest absolute Gasteiger partial charge is 0.337 e. The van der Waals surface area contributed by atoms with E-state index in [0.29, 0.717) is 17.9 Å². The van der Waals surface area contributed by atoms with Crippen molar-refractivity contribution < 1.29 is 4.79 Å². The summed E-state index contributed by atoms with van der Waals surface area (Å²) < 4.78 is 0. The fraction of sp³-hybridized carbons (Fsp3) is 0.923. The van der Waals surface area contributed by atoms with Crippen LogP contribution in [0.4, 0.5) is 0 Å². The van der Waals surface area contributed by atoms with Crippen molar-refractivity contribution in [1.82, 2.24) is 10.2 Å². The molecule has 1 aliphatic heterocycles. The molecule has 2 rings (SSSR count). The van der Waals surface area contributed by atoms with Gasteiger partial charge in [0.2, 0.25) is 5.91 Å². The van der Waals surface area contributed by atoms with Crippen molar-refractivity contribution in [3.63, 3.8) is 0 Å². The van der Waals surface area contributed by atoms with E-state index in [-0.39, 0.29) is 0 Å². The third-order valence-electron chi connectivity index (χ3n) is 4.01. The van der Waals surface area contributed by atoms with Crippen LogP contribution in [0.5, 0.6) is 0 Å². The second-order valence-electron chi connectivity index (χ2n) is 5.35. The molecule has 1 saturated carbocycles. The van der Waals surface area contributed by atoms with Crippen LogP contribution < -0.4 is 5.32 Å². The van der Waals surface area contributed by atoms with E-state index in [4.69, 9.17) is 0 Å². The Morgan fingerprint density at radius 2 is 2.06 bits per heavy atom. The third kappa shape index (κ3) is 2.97. The molecule has 2 fully saturated rings. The Morgan fingerprint density at radius 3 is 2.75 bits per heavy atom. The van der Waals surface area contributed by atoms with Gasteiger partial charge in [0.1, 0.15) is 0 Å². The Balaban J connectivity index is 1.81. The van der Waals surface area contributed by atoms with Gasteiger partial charge in [0.15, 0.2) is 0 Å². The van der Waals surface area contributed by atoms with E-state index in [1.165, 1.54) is 32.1 Å². The zero-order valence-electron chi connectivity index (χ0n) is 10.4. The molecule has 16 heavy (non-hydrogen) atoms. The number of rotatable bonds is 2. The maximum Gasteiger partial charge on any atom is 0.223 e. The maximum atomic E-state index is 12.2. The van der Waals surface area contributed by atoms with Gasteiger partial charge in [-0.05, 0) is 25.7 Å². The molecule has 1 N–H and O–H groups in total. The molecule has 0 aromatic heterocycles. The van der Waals surface area contributed by atoms with Crippen LogP contribution in [0.2, 0.25) is 0 Å². The first-order chi connectivity index (χ1) is 7.77. The Morgan fingerprint density at radius 1 is 1.31 bits per heavy atom. The van der Waals surface area contributed by atoms with E-state index in [0.717, 1.165) is 26.1 Å². The average molecular weight is 224 g/mol. The molecule has 0 aromatic carbocycles. The Bertz CT molecular complexity index is 236. The van der Waals surface area contributed by atoms with Crippen LogP contribution in [-0.2, 0) is 4.79 Å². The van der Waals surface area contributed by atoms with Gasteiger partial charge < -0.3 is 10.2 Å². The van der Waals surface area contributed by atoms with E-state index < -0.39 is 0 Å². The van der Waals surface area contributed by atoms with Crippen molar-refractivity contribution in [2.24, 2.45) is 5.92 Å². The maximum absolute atomic E-state index is 12.2. The summed E-state index contributed by atoms with van der Waals surface area (Å²) in [7, 11) is 0. The number of hydrogen-bond acceptors (Lipinski definition) is 2. The minimum Gasteiger partial charge on any atom is -0.337 e. The van der Waals surface area contributed by atoms with Crippen LogP contribution in [0.1, 0.15) is 45.4 Å². The molecule has 0 radical (unpaired) electrons. The smallest absolute Gasteiger partial charge is 0.223 e. The fourth-order valence-corrected chi connectivity index (χ4v) is 2.97. The Hall–Kier alpha value is -0.570. The molecule has 2 aliphatic rings. The Kier molecular flexibility index (Phi) is 4.22. The summed E-state index contributed by atoms with van der Waals surface area (Å²) in [5, 5.41) is 3.33. The minimum atomic E-state index is 0.379. The fourth-order valence-electron chi connectivity index (χ4n) is 2.97. The summed E-state index contributed by atoms with van der Waals surface area (Å²) in [6.07, 6.45) is 7.36. The lowest BCUT2D eigenvalue weighted by molar-refractivity contribution is -0.135. The molecule has 3 heteroatoms. The van der Waals surface area contributed by atoms with Crippen molar-refractivity contribution in [3.8, 4) is 0 Å². The van der Waals surface area contributed by atoms with Crippen molar-refractivity contribution in [1.29, 1.82) is 0 Å². The average Bonchev–Trinajstić information content (AvgIpc) is 2.31. The van der Waals surface area contributed by atoms with Crippen LogP contribution in [0, 0.1) is 5.92 Å². The van der Waals surface area contributed by atoms with Gasteiger partial charge in [0.05, 0.1) is 0 Å². The number of nitrogens with zero attached hydrogens (tertiary/aromatic N) is 1. The van der Waals surface area contributed by atoms with Crippen LogP contribution >= 0.6 is 0 Å². The first-order valence-corrected chi connectivity index (χ1v) is 6.77.